The Morgan fingerprint density at radius 3 is 2.67 bits per heavy atom. The van der Waals surface area contributed by atoms with Crippen LogP contribution < -0.4 is 5.32 Å². The van der Waals surface area contributed by atoms with Crippen molar-refractivity contribution >= 4 is 46.4 Å². The number of benzene rings is 1. The van der Waals surface area contributed by atoms with Gasteiger partial charge in [-0.1, -0.05) is 23.2 Å². The largest absolute Gasteiger partial charge is 0.476 e. The van der Waals surface area contributed by atoms with Crippen molar-refractivity contribution in [2.75, 3.05) is 0 Å². The predicted molar refractivity (Wildman–Crippen MR) is 76.7 cm³/mol. The highest BCUT2D eigenvalue weighted by molar-refractivity contribution is 7.09. The summed E-state index contributed by atoms with van der Waals surface area (Å²) >= 11 is 12.5. The van der Waals surface area contributed by atoms with Crippen LogP contribution in [-0.4, -0.2) is 22.0 Å². The molecule has 0 atom stereocenters. The molecule has 0 radical (unpaired) electrons. The molecule has 2 aromatic rings. The zero-order valence-corrected chi connectivity index (χ0v) is 12.5. The summed E-state index contributed by atoms with van der Waals surface area (Å²) in [5.74, 6) is -2.51. The van der Waals surface area contributed by atoms with Gasteiger partial charge in [0.1, 0.15) is 10.8 Å². The summed E-state index contributed by atoms with van der Waals surface area (Å²) < 4.78 is 13.3. The molecule has 0 aliphatic rings. The van der Waals surface area contributed by atoms with Crippen LogP contribution in [0.2, 0.25) is 10.0 Å². The average molecular weight is 349 g/mol. The third kappa shape index (κ3) is 3.69. The molecule has 2 rings (SSSR count). The number of hydrogen-bond acceptors (Lipinski definition) is 4. The number of carboxylic acids is 1. The minimum absolute atomic E-state index is 0.0113. The van der Waals surface area contributed by atoms with Crippen molar-refractivity contribution in [2.45, 2.75) is 6.54 Å². The van der Waals surface area contributed by atoms with Crippen molar-refractivity contribution in [1.29, 1.82) is 0 Å². The molecule has 9 heteroatoms. The maximum absolute atomic E-state index is 13.3. The topological polar surface area (TPSA) is 79.3 Å². The zero-order valence-electron chi connectivity index (χ0n) is 10.2. The third-order valence-corrected chi connectivity index (χ3v) is 3.88. The SMILES string of the molecule is O=C(O)c1csc(CNC(=O)c2cc(F)c(Cl)cc2Cl)n1. The van der Waals surface area contributed by atoms with Crippen LogP contribution in [0.4, 0.5) is 4.39 Å². The van der Waals surface area contributed by atoms with Crippen LogP contribution in [0.25, 0.3) is 0 Å². The van der Waals surface area contributed by atoms with Gasteiger partial charge in [-0.05, 0) is 12.1 Å². The summed E-state index contributed by atoms with van der Waals surface area (Å²) in [7, 11) is 0. The van der Waals surface area contributed by atoms with E-state index >= 15 is 0 Å². The van der Waals surface area contributed by atoms with Crippen molar-refractivity contribution in [1.82, 2.24) is 10.3 Å². The number of rotatable bonds is 4. The number of nitrogens with zero attached hydrogens (tertiary/aromatic N) is 1. The fourth-order valence-electron chi connectivity index (χ4n) is 1.44. The van der Waals surface area contributed by atoms with E-state index in [1.807, 2.05) is 0 Å². The van der Waals surface area contributed by atoms with Gasteiger partial charge in [0.15, 0.2) is 5.69 Å². The summed E-state index contributed by atoms with van der Waals surface area (Å²) in [6.07, 6.45) is 0. The van der Waals surface area contributed by atoms with Gasteiger partial charge in [-0.25, -0.2) is 14.2 Å². The first kappa shape index (κ1) is 15.7. The number of nitrogens with one attached hydrogen (secondary N) is 1. The van der Waals surface area contributed by atoms with Crippen LogP contribution in [0.15, 0.2) is 17.5 Å². The molecule has 0 saturated heterocycles. The molecule has 110 valence electrons. The second-order valence-electron chi connectivity index (χ2n) is 3.86. The maximum Gasteiger partial charge on any atom is 0.355 e. The van der Waals surface area contributed by atoms with Crippen LogP contribution in [0.1, 0.15) is 25.9 Å². The first-order valence-corrected chi connectivity index (χ1v) is 7.12. The molecule has 5 nitrogen and oxygen atoms in total. The first-order valence-electron chi connectivity index (χ1n) is 5.49. The minimum Gasteiger partial charge on any atom is -0.476 e. The molecule has 21 heavy (non-hydrogen) atoms. The molecule has 1 aromatic carbocycles. The fraction of sp³-hybridized carbons (Fsp3) is 0.0833. The summed E-state index contributed by atoms with van der Waals surface area (Å²) in [6, 6.07) is 2.07. The Morgan fingerprint density at radius 2 is 2.05 bits per heavy atom. The lowest BCUT2D eigenvalue weighted by Crippen LogP contribution is -2.23. The Bertz CT molecular complexity index is 721. The van der Waals surface area contributed by atoms with Crippen molar-refractivity contribution in [3.63, 3.8) is 0 Å². The Hall–Kier alpha value is -1.70. The van der Waals surface area contributed by atoms with E-state index in [-0.39, 0.29) is 27.8 Å². The highest BCUT2D eigenvalue weighted by Gasteiger charge is 2.15. The molecule has 0 unspecified atom stereocenters. The standard InChI is InChI=1S/C12H7Cl2FN2O3S/c13-6-2-7(14)8(15)1-5(6)11(18)16-3-10-17-9(4-21-10)12(19)20/h1-2,4H,3H2,(H,16,18)(H,19,20). The van der Waals surface area contributed by atoms with E-state index in [4.69, 9.17) is 28.3 Å². The van der Waals surface area contributed by atoms with Gasteiger partial charge in [-0.15, -0.1) is 11.3 Å². The molecule has 1 amide bonds. The Morgan fingerprint density at radius 1 is 1.33 bits per heavy atom. The lowest BCUT2D eigenvalue weighted by molar-refractivity contribution is 0.0691. The molecular weight excluding hydrogens is 342 g/mol. The summed E-state index contributed by atoms with van der Waals surface area (Å²) in [4.78, 5) is 26.4. The van der Waals surface area contributed by atoms with Gasteiger partial charge in [-0.3, -0.25) is 4.79 Å². The first-order chi connectivity index (χ1) is 9.88. The monoisotopic (exact) mass is 348 g/mol. The smallest absolute Gasteiger partial charge is 0.355 e. The van der Waals surface area contributed by atoms with Crippen molar-refractivity contribution in [3.8, 4) is 0 Å². The van der Waals surface area contributed by atoms with E-state index in [9.17, 15) is 14.0 Å². The quantitative estimate of drug-likeness (QED) is 0.831. The van der Waals surface area contributed by atoms with Crippen molar-refractivity contribution in [2.24, 2.45) is 0 Å². The van der Waals surface area contributed by atoms with Gasteiger partial charge >= 0.3 is 5.97 Å². The molecule has 0 saturated carbocycles. The van der Waals surface area contributed by atoms with Crippen LogP contribution in [-0.2, 0) is 6.54 Å². The number of hydrogen-bond donors (Lipinski definition) is 2. The molecule has 2 N–H and O–H groups in total. The highest BCUT2D eigenvalue weighted by Crippen LogP contribution is 2.24. The molecule has 1 heterocycles. The lowest BCUT2D eigenvalue weighted by atomic mass is 10.2. The third-order valence-electron chi connectivity index (χ3n) is 2.43. The number of aromatic nitrogens is 1. The predicted octanol–water partition coefficient (Wildman–Crippen LogP) is 3.22. The van der Waals surface area contributed by atoms with E-state index in [0.717, 1.165) is 23.5 Å². The number of halogens is 3. The van der Waals surface area contributed by atoms with E-state index < -0.39 is 17.7 Å². The van der Waals surface area contributed by atoms with Gasteiger partial charge < -0.3 is 10.4 Å². The van der Waals surface area contributed by atoms with Gasteiger partial charge in [0.2, 0.25) is 0 Å². The Labute approximate surface area is 132 Å². The van der Waals surface area contributed by atoms with Crippen LogP contribution in [0, 0.1) is 5.82 Å². The van der Waals surface area contributed by atoms with Crippen LogP contribution in [0.5, 0.6) is 0 Å². The minimum atomic E-state index is -1.15. The van der Waals surface area contributed by atoms with Gasteiger partial charge in [0.25, 0.3) is 5.91 Å². The number of carboxylic acid groups (broad SMARTS) is 1. The molecule has 0 aliphatic carbocycles. The van der Waals surface area contributed by atoms with Gasteiger partial charge in [-0.2, -0.15) is 0 Å². The number of amides is 1. The number of carbonyl (C=O) groups excluding carboxylic acids is 1. The maximum atomic E-state index is 13.3. The number of carbonyl (C=O) groups is 2. The van der Waals surface area contributed by atoms with Crippen molar-refractivity contribution in [3.05, 3.63) is 49.6 Å². The normalized spacial score (nSPS) is 10.4. The van der Waals surface area contributed by atoms with Gasteiger partial charge in [0.05, 0.1) is 22.2 Å². The zero-order chi connectivity index (χ0) is 15.6. The molecular formula is C12H7Cl2FN2O3S. The molecule has 0 aliphatic heterocycles. The van der Waals surface area contributed by atoms with E-state index in [1.165, 1.54) is 5.38 Å². The lowest BCUT2D eigenvalue weighted by Gasteiger charge is -2.06. The molecule has 0 fully saturated rings. The average Bonchev–Trinajstić information content (AvgIpc) is 2.89. The Balaban J connectivity index is 2.08. The summed E-state index contributed by atoms with van der Waals surface area (Å²) in [5.41, 5.74) is -0.159. The fourth-order valence-corrected chi connectivity index (χ4v) is 2.61. The summed E-state index contributed by atoms with van der Waals surface area (Å²) in [6.45, 7) is 0.0113. The van der Waals surface area contributed by atoms with Crippen LogP contribution >= 0.6 is 34.5 Å². The summed E-state index contributed by atoms with van der Waals surface area (Å²) in [5, 5.41) is 12.8. The molecule has 0 spiro atoms. The van der Waals surface area contributed by atoms with Crippen molar-refractivity contribution < 1.29 is 19.1 Å². The van der Waals surface area contributed by atoms with E-state index in [0.29, 0.717) is 5.01 Å². The van der Waals surface area contributed by atoms with Gasteiger partial charge in [0, 0.05) is 5.38 Å². The second-order valence-corrected chi connectivity index (χ2v) is 5.62. The second kappa shape index (κ2) is 6.38. The molecule has 0 bridgehead atoms. The highest BCUT2D eigenvalue weighted by atomic mass is 35.5. The van der Waals surface area contributed by atoms with E-state index in [2.05, 4.69) is 10.3 Å². The van der Waals surface area contributed by atoms with E-state index in [1.54, 1.807) is 0 Å². The van der Waals surface area contributed by atoms with Crippen LogP contribution in [0.3, 0.4) is 0 Å². The number of aromatic carboxylic acids is 1. The number of thiazole rings is 1. The molecule has 1 aromatic heterocycles. The Kier molecular flexibility index (Phi) is 4.76.